The van der Waals surface area contributed by atoms with Crippen LogP contribution in [0.1, 0.15) is 24.2 Å². The van der Waals surface area contributed by atoms with Gasteiger partial charge in [0.1, 0.15) is 11.9 Å². The highest BCUT2D eigenvalue weighted by molar-refractivity contribution is 5.98. The van der Waals surface area contributed by atoms with Crippen LogP contribution in [0.15, 0.2) is 54.6 Å². The summed E-state index contributed by atoms with van der Waals surface area (Å²) in [7, 11) is 0. The van der Waals surface area contributed by atoms with E-state index in [9.17, 15) is 18.8 Å². The highest BCUT2D eigenvalue weighted by Crippen LogP contribution is 2.09. The van der Waals surface area contributed by atoms with Gasteiger partial charge < -0.3 is 15.4 Å². The molecule has 6 nitrogen and oxygen atoms in total. The average molecular weight is 358 g/mol. The topological polar surface area (TPSA) is 84.5 Å². The van der Waals surface area contributed by atoms with Gasteiger partial charge in [-0.05, 0) is 50.2 Å². The summed E-state index contributed by atoms with van der Waals surface area (Å²) >= 11 is 0. The Labute approximate surface area is 150 Å². The summed E-state index contributed by atoms with van der Waals surface area (Å²) in [4.78, 5) is 36.1. The highest BCUT2D eigenvalue weighted by atomic mass is 19.1. The lowest BCUT2D eigenvalue weighted by molar-refractivity contribution is -0.154. The highest BCUT2D eigenvalue weighted by Gasteiger charge is 2.23. The number of hydrogen-bond acceptors (Lipinski definition) is 4. The minimum absolute atomic E-state index is 0.379. The molecular formula is C19H19FN2O4. The molecule has 2 atom stereocenters. The van der Waals surface area contributed by atoms with Gasteiger partial charge in [-0.15, -0.1) is 0 Å². The van der Waals surface area contributed by atoms with E-state index >= 15 is 0 Å². The molecule has 136 valence electrons. The largest absolute Gasteiger partial charge is 0.451 e. The number of amides is 2. The molecule has 2 aromatic carbocycles. The van der Waals surface area contributed by atoms with E-state index in [0.29, 0.717) is 11.3 Å². The fourth-order valence-corrected chi connectivity index (χ4v) is 2.04. The van der Waals surface area contributed by atoms with Crippen LogP contribution >= 0.6 is 0 Å². The third kappa shape index (κ3) is 5.41. The standard InChI is InChI=1S/C19H19FN2O4/c1-12(21-18(24)14-6-4-3-5-7-14)19(25)26-13(2)17(23)22-16-10-8-15(20)9-11-16/h3-13H,1-2H3,(H,21,24)(H,22,23)/t12-,13+/m0/s1. The van der Waals surface area contributed by atoms with Gasteiger partial charge in [0, 0.05) is 11.3 Å². The quantitative estimate of drug-likeness (QED) is 0.777. The number of carbonyl (C=O) groups is 3. The van der Waals surface area contributed by atoms with Gasteiger partial charge in [0.2, 0.25) is 0 Å². The zero-order valence-corrected chi connectivity index (χ0v) is 14.4. The van der Waals surface area contributed by atoms with E-state index in [2.05, 4.69) is 10.6 Å². The zero-order chi connectivity index (χ0) is 19.1. The van der Waals surface area contributed by atoms with E-state index in [1.165, 1.54) is 38.1 Å². The summed E-state index contributed by atoms with van der Waals surface area (Å²) in [6, 6.07) is 12.7. The van der Waals surface area contributed by atoms with Gasteiger partial charge >= 0.3 is 5.97 Å². The first-order chi connectivity index (χ1) is 12.4. The van der Waals surface area contributed by atoms with Crippen molar-refractivity contribution < 1.29 is 23.5 Å². The van der Waals surface area contributed by atoms with Crippen molar-refractivity contribution in [1.82, 2.24) is 5.32 Å². The van der Waals surface area contributed by atoms with Crippen molar-refractivity contribution in [3.05, 3.63) is 66.0 Å². The van der Waals surface area contributed by atoms with Crippen molar-refractivity contribution in [1.29, 1.82) is 0 Å². The average Bonchev–Trinajstić information content (AvgIpc) is 2.64. The van der Waals surface area contributed by atoms with Crippen LogP contribution in [0.4, 0.5) is 10.1 Å². The number of rotatable bonds is 6. The van der Waals surface area contributed by atoms with Gasteiger partial charge in [-0.3, -0.25) is 9.59 Å². The maximum absolute atomic E-state index is 12.9. The summed E-state index contributed by atoms with van der Waals surface area (Å²) in [6.07, 6.45) is -1.08. The fourth-order valence-electron chi connectivity index (χ4n) is 2.04. The number of halogens is 1. The van der Waals surface area contributed by atoms with Gasteiger partial charge in [-0.25, -0.2) is 9.18 Å². The molecule has 26 heavy (non-hydrogen) atoms. The van der Waals surface area contributed by atoms with E-state index in [-0.39, 0.29) is 0 Å². The molecule has 0 bridgehead atoms. The lowest BCUT2D eigenvalue weighted by Crippen LogP contribution is -2.42. The second-order valence-electron chi connectivity index (χ2n) is 5.64. The molecule has 2 aromatic rings. The molecule has 0 fully saturated rings. The van der Waals surface area contributed by atoms with Gasteiger partial charge in [0.25, 0.3) is 11.8 Å². The van der Waals surface area contributed by atoms with E-state index < -0.39 is 35.7 Å². The van der Waals surface area contributed by atoms with Gasteiger partial charge in [0.05, 0.1) is 0 Å². The number of ether oxygens (including phenoxy) is 1. The third-order valence-electron chi connectivity index (χ3n) is 3.51. The molecule has 2 rings (SSSR count). The van der Waals surface area contributed by atoms with Crippen molar-refractivity contribution >= 4 is 23.5 Å². The Morgan fingerprint density at radius 1 is 0.962 bits per heavy atom. The lowest BCUT2D eigenvalue weighted by Gasteiger charge is -2.17. The molecule has 7 heteroatoms. The minimum atomic E-state index is -1.08. The molecule has 0 saturated heterocycles. The molecule has 0 aromatic heterocycles. The van der Waals surface area contributed by atoms with Crippen molar-refractivity contribution in [3.8, 4) is 0 Å². The summed E-state index contributed by atoms with van der Waals surface area (Å²) in [5.74, 6) is -2.15. The molecule has 0 unspecified atom stereocenters. The summed E-state index contributed by atoms with van der Waals surface area (Å²) in [5.41, 5.74) is 0.791. The number of benzene rings is 2. The predicted octanol–water partition coefficient (Wildman–Crippen LogP) is 2.51. The molecule has 0 heterocycles. The lowest BCUT2D eigenvalue weighted by atomic mass is 10.2. The molecule has 2 amide bonds. The Bertz CT molecular complexity index is 778. The van der Waals surface area contributed by atoms with E-state index in [1.54, 1.807) is 30.3 Å². The van der Waals surface area contributed by atoms with Crippen LogP contribution < -0.4 is 10.6 Å². The zero-order valence-electron chi connectivity index (χ0n) is 14.4. The van der Waals surface area contributed by atoms with Crippen LogP contribution in [0.3, 0.4) is 0 Å². The van der Waals surface area contributed by atoms with Crippen molar-refractivity contribution in [2.75, 3.05) is 5.32 Å². The summed E-state index contributed by atoms with van der Waals surface area (Å²) in [5, 5.41) is 5.02. The predicted molar refractivity (Wildman–Crippen MR) is 94.0 cm³/mol. The van der Waals surface area contributed by atoms with E-state index in [0.717, 1.165) is 0 Å². The third-order valence-corrected chi connectivity index (χ3v) is 3.51. The molecule has 0 aliphatic heterocycles. The maximum atomic E-state index is 12.9. The Hall–Kier alpha value is -3.22. The first-order valence-electron chi connectivity index (χ1n) is 7.99. The molecule has 2 N–H and O–H groups in total. The van der Waals surface area contributed by atoms with Crippen LogP contribution in [0, 0.1) is 5.82 Å². The van der Waals surface area contributed by atoms with Crippen molar-refractivity contribution in [3.63, 3.8) is 0 Å². The number of hydrogen-bond donors (Lipinski definition) is 2. The maximum Gasteiger partial charge on any atom is 0.329 e. The van der Waals surface area contributed by atoms with Gasteiger partial charge in [0.15, 0.2) is 6.10 Å². The van der Waals surface area contributed by atoms with Crippen LogP contribution in [0.2, 0.25) is 0 Å². The molecule has 0 aliphatic carbocycles. The molecule has 0 radical (unpaired) electrons. The van der Waals surface area contributed by atoms with Crippen LogP contribution in [0.25, 0.3) is 0 Å². The van der Waals surface area contributed by atoms with E-state index in [4.69, 9.17) is 4.74 Å². The minimum Gasteiger partial charge on any atom is -0.451 e. The smallest absolute Gasteiger partial charge is 0.329 e. The Kier molecular flexibility index (Phi) is 6.43. The Morgan fingerprint density at radius 2 is 1.58 bits per heavy atom. The van der Waals surface area contributed by atoms with Crippen LogP contribution in [0.5, 0.6) is 0 Å². The second kappa shape index (κ2) is 8.75. The van der Waals surface area contributed by atoms with Crippen LogP contribution in [-0.4, -0.2) is 29.9 Å². The van der Waals surface area contributed by atoms with E-state index in [1.807, 2.05) is 0 Å². The van der Waals surface area contributed by atoms with Gasteiger partial charge in [-0.2, -0.15) is 0 Å². The number of esters is 1. The first kappa shape index (κ1) is 19.1. The SMILES string of the molecule is C[C@H](NC(=O)c1ccccc1)C(=O)O[C@H](C)C(=O)Nc1ccc(F)cc1. The summed E-state index contributed by atoms with van der Waals surface area (Å²) < 4.78 is 17.9. The van der Waals surface area contributed by atoms with Crippen LogP contribution in [-0.2, 0) is 14.3 Å². The Balaban J connectivity index is 1.86. The Morgan fingerprint density at radius 3 is 2.19 bits per heavy atom. The molecule has 0 aliphatic rings. The molecule has 0 spiro atoms. The number of anilines is 1. The molecular weight excluding hydrogens is 339 g/mol. The van der Waals surface area contributed by atoms with Crippen molar-refractivity contribution in [2.45, 2.75) is 26.0 Å². The summed E-state index contributed by atoms with van der Waals surface area (Å²) in [6.45, 7) is 2.87. The molecule has 0 saturated carbocycles. The fraction of sp³-hybridized carbons (Fsp3) is 0.211. The van der Waals surface area contributed by atoms with Gasteiger partial charge in [-0.1, -0.05) is 18.2 Å². The van der Waals surface area contributed by atoms with Crippen molar-refractivity contribution in [2.24, 2.45) is 0 Å². The normalized spacial score (nSPS) is 12.6. The number of carbonyl (C=O) groups excluding carboxylic acids is 3. The monoisotopic (exact) mass is 358 g/mol. The number of nitrogens with one attached hydrogen (secondary N) is 2. The second-order valence-corrected chi connectivity index (χ2v) is 5.64. The first-order valence-corrected chi connectivity index (χ1v) is 7.99.